The number of ether oxygens (including phenoxy) is 2. The fourth-order valence-electron chi connectivity index (χ4n) is 13.4. The third kappa shape index (κ3) is 6.32. The van der Waals surface area contributed by atoms with E-state index in [-0.39, 0.29) is 71.5 Å². The summed E-state index contributed by atoms with van der Waals surface area (Å²) in [5.74, 6) is -4.13. The van der Waals surface area contributed by atoms with Crippen molar-refractivity contribution in [3.8, 4) is 0 Å². The molecule has 1 amide bonds. The number of amides is 1. The van der Waals surface area contributed by atoms with E-state index in [2.05, 4.69) is 13.8 Å². The first-order valence-electron chi connectivity index (χ1n) is 20.4. The van der Waals surface area contributed by atoms with Gasteiger partial charge in [0, 0.05) is 49.4 Å². The Hall–Kier alpha value is -2.89. The molecule has 6 rings (SSSR count). The lowest BCUT2D eigenvalue weighted by atomic mass is 9.42. The van der Waals surface area contributed by atoms with E-state index in [9.17, 15) is 39.3 Å². The Morgan fingerprint density at radius 2 is 1.50 bits per heavy atom. The maximum Gasteiger partial charge on any atom is 0.330 e. The molecule has 0 aliphatic heterocycles. The largest absolute Gasteiger partial charge is 0.469 e. The number of Topliss-reactive ketones (excluding diaryl/α,β-unsaturated/α-hetero) is 2. The van der Waals surface area contributed by atoms with Gasteiger partial charge in [-0.15, -0.1) is 0 Å². The number of carbonyl (C=O) groups excluding carboxylic acids is 5. The molecular formula is C43H63NO10. The van der Waals surface area contributed by atoms with Crippen LogP contribution in [0.3, 0.4) is 0 Å². The molecule has 6 unspecified atom stereocenters. The molecule has 0 bridgehead atoms. The van der Waals surface area contributed by atoms with Crippen molar-refractivity contribution in [1.29, 1.82) is 0 Å². The van der Waals surface area contributed by atoms with Crippen molar-refractivity contribution < 1.29 is 48.8 Å². The number of methoxy groups -OCH3 is 1. The van der Waals surface area contributed by atoms with Gasteiger partial charge in [0.1, 0.15) is 18.3 Å². The van der Waals surface area contributed by atoms with Crippen LogP contribution in [0.5, 0.6) is 0 Å². The molecule has 0 spiro atoms. The van der Waals surface area contributed by atoms with E-state index in [0.717, 1.165) is 30.4 Å². The molecule has 11 heteroatoms. The third-order valence-electron chi connectivity index (χ3n) is 16.2. The number of carbonyl (C=O) groups is 5. The predicted octanol–water partition coefficient (Wildman–Crippen LogP) is 4.45. The maximum absolute atomic E-state index is 14.0. The van der Waals surface area contributed by atoms with Crippen LogP contribution < -0.4 is 0 Å². The number of aliphatic hydroxyl groups excluding tert-OH is 3. The zero-order valence-corrected chi connectivity index (χ0v) is 33.5. The number of hydrogen-bond donors (Lipinski definition) is 3. The summed E-state index contributed by atoms with van der Waals surface area (Å²) in [7, 11) is 2.99. The monoisotopic (exact) mass is 753 g/mol. The maximum atomic E-state index is 14.0. The van der Waals surface area contributed by atoms with E-state index in [1.165, 1.54) is 12.0 Å². The van der Waals surface area contributed by atoms with Crippen LogP contribution in [0, 0.1) is 69.5 Å². The van der Waals surface area contributed by atoms with Crippen molar-refractivity contribution in [2.75, 3.05) is 27.3 Å². The Morgan fingerprint density at radius 3 is 2.15 bits per heavy atom. The highest BCUT2D eigenvalue weighted by molar-refractivity contribution is 5.94. The van der Waals surface area contributed by atoms with Gasteiger partial charge in [-0.2, -0.15) is 0 Å². The SMILES string of the molecule is COC(=O)[C@@]1(C)CCC[C@]2(C)C3CC/C(=C\C(=O)O[C@H]4CC[C@]5(C)C6CC/C(=C\C(=O)N(C)CCO)[C@H](C)C6C(=O)[C@@H](O)C5[C@@H]4C)[C@H](C)C3[C@@H](O)C(=O)C21. The van der Waals surface area contributed by atoms with Gasteiger partial charge >= 0.3 is 11.9 Å². The van der Waals surface area contributed by atoms with Crippen LogP contribution in [0.2, 0.25) is 0 Å². The van der Waals surface area contributed by atoms with Gasteiger partial charge in [0.15, 0.2) is 11.6 Å². The van der Waals surface area contributed by atoms with E-state index in [0.29, 0.717) is 38.5 Å². The first kappa shape index (κ1) is 40.8. The molecule has 54 heavy (non-hydrogen) atoms. The topological polar surface area (TPSA) is 168 Å². The average Bonchev–Trinajstić information content (AvgIpc) is 3.12. The zero-order valence-electron chi connectivity index (χ0n) is 33.5. The van der Waals surface area contributed by atoms with Crippen LogP contribution in [0.15, 0.2) is 23.3 Å². The minimum Gasteiger partial charge on any atom is -0.469 e. The summed E-state index contributed by atoms with van der Waals surface area (Å²) in [6, 6.07) is 0. The molecule has 0 radical (unpaired) electrons. The van der Waals surface area contributed by atoms with Gasteiger partial charge in [-0.3, -0.25) is 19.2 Å². The zero-order chi connectivity index (χ0) is 39.7. The molecular weight excluding hydrogens is 690 g/mol. The number of esters is 2. The van der Waals surface area contributed by atoms with Gasteiger partial charge in [0.05, 0.1) is 19.1 Å². The Labute approximate surface area is 320 Å². The van der Waals surface area contributed by atoms with Crippen molar-refractivity contribution in [3.05, 3.63) is 23.3 Å². The van der Waals surface area contributed by atoms with Gasteiger partial charge in [-0.05, 0) is 98.7 Å². The molecule has 3 N–H and O–H groups in total. The average molecular weight is 754 g/mol. The third-order valence-corrected chi connectivity index (χ3v) is 16.2. The summed E-state index contributed by atoms with van der Waals surface area (Å²) in [6.07, 6.45) is 6.29. The quantitative estimate of drug-likeness (QED) is 0.261. The fourth-order valence-corrected chi connectivity index (χ4v) is 13.4. The number of nitrogens with zero attached hydrogens (tertiary/aromatic N) is 1. The molecule has 11 nitrogen and oxygen atoms in total. The van der Waals surface area contributed by atoms with E-state index in [1.54, 1.807) is 19.2 Å². The van der Waals surface area contributed by atoms with Gasteiger partial charge < -0.3 is 29.7 Å². The second-order valence-corrected chi connectivity index (χ2v) is 18.7. The summed E-state index contributed by atoms with van der Waals surface area (Å²) in [5, 5.41) is 32.5. The number of hydrogen-bond acceptors (Lipinski definition) is 10. The van der Waals surface area contributed by atoms with Gasteiger partial charge in [0.2, 0.25) is 5.91 Å². The Kier molecular flexibility index (Phi) is 11.2. The summed E-state index contributed by atoms with van der Waals surface area (Å²) < 4.78 is 11.3. The summed E-state index contributed by atoms with van der Waals surface area (Å²) in [5.41, 5.74) is -0.0906. The van der Waals surface area contributed by atoms with Crippen LogP contribution in [0.1, 0.15) is 99.3 Å². The first-order chi connectivity index (χ1) is 25.4. The number of allylic oxidation sites excluding steroid dienone is 2. The summed E-state index contributed by atoms with van der Waals surface area (Å²) >= 11 is 0. The lowest BCUT2D eigenvalue weighted by Crippen LogP contribution is -2.65. The smallest absolute Gasteiger partial charge is 0.330 e. The molecule has 6 aliphatic carbocycles. The van der Waals surface area contributed by atoms with Crippen LogP contribution >= 0.6 is 0 Å². The van der Waals surface area contributed by atoms with Gasteiger partial charge in [-0.1, -0.05) is 52.2 Å². The molecule has 15 atom stereocenters. The molecule has 0 saturated heterocycles. The summed E-state index contributed by atoms with van der Waals surface area (Å²) in [6.45, 7) is 12.1. The van der Waals surface area contributed by atoms with Crippen LogP contribution in [0.4, 0.5) is 0 Å². The Balaban J connectivity index is 1.16. The van der Waals surface area contributed by atoms with Crippen LogP contribution in [-0.4, -0.2) is 95.3 Å². The number of rotatable bonds is 6. The van der Waals surface area contributed by atoms with Crippen LogP contribution in [0.25, 0.3) is 0 Å². The molecule has 6 saturated carbocycles. The lowest BCUT2D eigenvalue weighted by molar-refractivity contribution is -0.193. The van der Waals surface area contributed by atoms with E-state index < -0.39 is 58.8 Å². The molecule has 6 aliphatic rings. The van der Waals surface area contributed by atoms with Crippen molar-refractivity contribution >= 4 is 29.4 Å². The highest BCUT2D eigenvalue weighted by atomic mass is 16.5. The minimum absolute atomic E-state index is 0.00462. The van der Waals surface area contributed by atoms with E-state index in [1.807, 2.05) is 27.7 Å². The second kappa shape index (κ2) is 14.9. The van der Waals surface area contributed by atoms with Gasteiger partial charge in [-0.25, -0.2) is 4.79 Å². The van der Waals surface area contributed by atoms with Crippen LogP contribution in [-0.2, 0) is 33.4 Å². The molecule has 0 aromatic rings. The fraction of sp³-hybridized carbons (Fsp3) is 0.791. The van der Waals surface area contributed by atoms with Crippen molar-refractivity contribution in [2.45, 2.75) is 118 Å². The second-order valence-electron chi connectivity index (χ2n) is 18.7. The number of likely N-dealkylation sites (N-methyl/N-ethyl adjacent to an activating group) is 1. The van der Waals surface area contributed by atoms with Crippen molar-refractivity contribution in [1.82, 2.24) is 4.90 Å². The minimum atomic E-state index is -1.25. The van der Waals surface area contributed by atoms with E-state index in [4.69, 9.17) is 9.47 Å². The first-order valence-corrected chi connectivity index (χ1v) is 20.4. The number of ketones is 2. The molecule has 0 aromatic carbocycles. The number of fused-ring (bicyclic) bond motifs is 6. The van der Waals surface area contributed by atoms with Crippen molar-refractivity contribution in [2.24, 2.45) is 69.5 Å². The lowest BCUT2D eigenvalue weighted by Gasteiger charge is -2.61. The predicted molar refractivity (Wildman–Crippen MR) is 199 cm³/mol. The van der Waals surface area contributed by atoms with Crippen molar-refractivity contribution in [3.63, 3.8) is 0 Å². The highest BCUT2D eigenvalue weighted by Gasteiger charge is 2.66. The summed E-state index contributed by atoms with van der Waals surface area (Å²) in [4.78, 5) is 68.9. The molecule has 300 valence electrons. The molecule has 0 aromatic heterocycles. The molecule has 6 fully saturated rings. The Morgan fingerprint density at radius 1 is 0.852 bits per heavy atom. The Bertz CT molecular complexity index is 1600. The van der Waals surface area contributed by atoms with Gasteiger partial charge in [0.25, 0.3) is 0 Å². The van der Waals surface area contributed by atoms with E-state index >= 15 is 0 Å². The normalized spacial score (nSPS) is 46.1. The highest BCUT2D eigenvalue weighted by Crippen LogP contribution is 2.65. The molecule has 0 heterocycles. The number of aliphatic hydroxyl groups is 3. The standard InChI is InChI=1S/C43H63NO10/c1-22-25(20-30(46)44(7)18-19-45)10-12-27-32(22)35(48)37(50)34-24(3)29(14-17-41(27,34)4)54-31(47)21-26-11-13-28-33(23(26)2)36(49)38(51)39-42(28,5)15-9-16-43(39,6)40(52)53-8/h20-24,27-29,32-34,36-37,39,45,49-50H,9-19H2,1-8H3/b25-20+,26-21+/t22-,23-,24+,27?,28?,29-,32?,33?,34?,36+,37-,39?,41+,42+,43-/m0/s1.